The van der Waals surface area contributed by atoms with Crippen molar-refractivity contribution in [3.05, 3.63) is 56.1 Å². The second-order valence-corrected chi connectivity index (χ2v) is 5.10. The Balaban J connectivity index is 2.62. The predicted molar refractivity (Wildman–Crippen MR) is 74.8 cm³/mol. The summed E-state index contributed by atoms with van der Waals surface area (Å²) >= 11 is 9.35. The van der Waals surface area contributed by atoms with Gasteiger partial charge in [0.2, 0.25) is 0 Å². The number of hydrogen-bond donors (Lipinski definition) is 1. The highest BCUT2D eigenvalue weighted by atomic mass is 79.9. The fourth-order valence-corrected chi connectivity index (χ4v) is 2.57. The Bertz CT molecular complexity index is 788. The summed E-state index contributed by atoms with van der Waals surface area (Å²) in [5, 5.41) is 1.84. The van der Waals surface area contributed by atoms with Crippen LogP contribution in [0.15, 0.2) is 45.7 Å². The Morgan fingerprint density at radius 2 is 1.94 bits per heavy atom. The summed E-state index contributed by atoms with van der Waals surface area (Å²) in [7, 11) is 0. The zero-order chi connectivity index (χ0) is 12.0. The van der Waals surface area contributed by atoms with E-state index in [9.17, 15) is 4.79 Å². The highest BCUT2D eigenvalue weighted by Crippen LogP contribution is 2.23. The van der Waals surface area contributed by atoms with E-state index in [0.717, 1.165) is 15.5 Å². The number of fused-ring (bicyclic) bond motifs is 2. The van der Waals surface area contributed by atoms with Crippen LogP contribution < -0.4 is 5.43 Å². The largest absolute Gasteiger partial charge is 0.353 e. The number of benzene rings is 2. The van der Waals surface area contributed by atoms with E-state index in [1.165, 1.54) is 0 Å². The summed E-state index contributed by atoms with van der Waals surface area (Å²) < 4.78 is 0.879. The molecular weight excluding hydrogens is 302 g/mol. The third-order valence-electron chi connectivity index (χ3n) is 2.74. The maximum absolute atomic E-state index is 12.3. The van der Waals surface area contributed by atoms with Crippen molar-refractivity contribution in [2.75, 3.05) is 0 Å². The molecule has 0 fully saturated rings. The van der Waals surface area contributed by atoms with Gasteiger partial charge in [-0.1, -0.05) is 17.7 Å². The Kier molecular flexibility index (Phi) is 2.45. The Morgan fingerprint density at radius 1 is 1.12 bits per heavy atom. The normalized spacial score (nSPS) is 11.2. The fraction of sp³-hybridized carbons (Fsp3) is 0. The second kappa shape index (κ2) is 3.86. The Morgan fingerprint density at radius 3 is 2.76 bits per heavy atom. The van der Waals surface area contributed by atoms with Gasteiger partial charge in [0.05, 0.1) is 5.52 Å². The van der Waals surface area contributed by atoms with Crippen LogP contribution in [0.3, 0.4) is 0 Å². The van der Waals surface area contributed by atoms with Crippen LogP contribution in [0.1, 0.15) is 0 Å². The summed E-state index contributed by atoms with van der Waals surface area (Å²) in [6, 6.07) is 10.8. The number of aromatic amines is 1. The van der Waals surface area contributed by atoms with Gasteiger partial charge in [0, 0.05) is 25.8 Å². The average Bonchev–Trinajstić information content (AvgIpc) is 2.32. The molecule has 1 heterocycles. The van der Waals surface area contributed by atoms with Crippen molar-refractivity contribution in [2.45, 2.75) is 0 Å². The van der Waals surface area contributed by atoms with Crippen molar-refractivity contribution in [3.63, 3.8) is 0 Å². The van der Waals surface area contributed by atoms with Gasteiger partial charge in [-0.25, -0.2) is 0 Å². The molecule has 0 saturated heterocycles. The lowest BCUT2D eigenvalue weighted by atomic mass is 10.1. The number of para-hydroxylation sites is 1. The van der Waals surface area contributed by atoms with Gasteiger partial charge in [-0.2, -0.15) is 0 Å². The minimum atomic E-state index is -0.00227. The predicted octanol–water partition coefficient (Wildman–Crippen LogP) is 4.10. The van der Waals surface area contributed by atoms with E-state index in [1.807, 2.05) is 18.2 Å². The lowest BCUT2D eigenvalue weighted by Gasteiger charge is -2.04. The highest BCUT2D eigenvalue weighted by Gasteiger charge is 2.07. The first-order chi connectivity index (χ1) is 8.16. The van der Waals surface area contributed by atoms with Crippen LogP contribution in [0, 0.1) is 0 Å². The van der Waals surface area contributed by atoms with E-state index in [1.54, 1.807) is 18.2 Å². The van der Waals surface area contributed by atoms with Crippen molar-refractivity contribution in [2.24, 2.45) is 0 Å². The van der Waals surface area contributed by atoms with Gasteiger partial charge in [0.1, 0.15) is 0 Å². The first-order valence-electron chi connectivity index (χ1n) is 5.06. The molecule has 84 valence electrons. The molecule has 0 amide bonds. The van der Waals surface area contributed by atoms with E-state index in [0.29, 0.717) is 15.8 Å². The summed E-state index contributed by atoms with van der Waals surface area (Å²) in [5.74, 6) is 0. The molecule has 0 radical (unpaired) electrons. The molecule has 0 atom stereocenters. The molecule has 3 aromatic rings. The van der Waals surface area contributed by atoms with Gasteiger partial charge in [0.15, 0.2) is 5.43 Å². The number of rotatable bonds is 0. The molecule has 0 spiro atoms. The van der Waals surface area contributed by atoms with Crippen molar-refractivity contribution >= 4 is 49.3 Å². The monoisotopic (exact) mass is 307 g/mol. The highest BCUT2D eigenvalue weighted by molar-refractivity contribution is 9.10. The zero-order valence-electron chi connectivity index (χ0n) is 8.63. The summed E-state index contributed by atoms with van der Waals surface area (Å²) in [6.07, 6.45) is 0. The van der Waals surface area contributed by atoms with Crippen molar-refractivity contribution < 1.29 is 0 Å². The number of halogens is 2. The van der Waals surface area contributed by atoms with E-state index >= 15 is 0 Å². The molecule has 0 bridgehead atoms. The summed E-state index contributed by atoms with van der Waals surface area (Å²) in [6.45, 7) is 0. The van der Waals surface area contributed by atoms with Crippen LogP contribution in [-0.4, -0.2) is 4.98 Å². The maximum Gasteiger partial charge on any atom is 0.197 e. The standard InChI is InChI=1S/C13H7BrClNO/c14-10-3-1-2-8-12(10)16-11-5-4-7(15)6-9(11)13(8)17/h1-6H,(H,16,17). The van der Waals surface area contributed by atoms with Crippen LogP contribution in [-0.2, 0) is 0 Å². The molecule has 0 aliphatic rings. The molecule has 1 aromatic heterocycles. The van der Waals surface area contributed by atoms with Crippen LogP contribution in [0.5, 0.6) is 0 Å². The number of aromatic nitrogens is 1. The van der Waals surface area contributed by atoms with Gasteiger partial charge in [-0.05, 0) is 46.3 Å². The Hall–Kier alpha value is -1.32. The molecule has 0 saturated carbocycles. The van der Waals surface area contributed by atoms with Gasteiger partial charge >= 0.3 is 0 Å². The molecular formula is C13H7BrClNO. The van der Waals surface area contributed by atoms with Gasteiger partial charge in [-0.3, -0.25) is 4.79 Å². The molecule has 3 rings (SSSR count). The summed E-state index contributed by atoms with van der Waals surface area (Å²) in [4.78, 5) is 15.5. The lowest BCUT2D eigenvalue weighted by Crippen LogP contribution is -2.04. The topological polar surface area (TPSA) is 32.9 Å². The zero-order valence-corrected chi connectivity index (χ0v) is 11.0. The molecule has 0 aliphatic heterocycles. The van der Waals surface area contributed by atoms with Crippen molar-refractivity contribution in [1.29, 1.82) is 0 Å². The van der Waals surface area contributed by atoms with E-state index in [-0.39, 0.29) is 5.43 Å². The fourth-order valence-electron chi connectivity index (χ4n) is 1.93. The van der Waals surface area contributed by atoms with Gasteiger partial charge < -0.3 is 4.98 Å². The number of hydrogen-bond acceptors (Lipinski definition) is 1. The molecule has 2 nitrogen and oxygen atoms in total. The van der Waals surface area contributed by atoms with E-state index in [4.69, 9.17) is 11.6 Å². The molecule has 4 heteroatoms. The first kappa shape index (κ1) is 10.8. The SMILES string of the molecule is O=c1c2cc(Cl)ccc2[nH]c2c(Br)cccc12. The number of pyridine rings is 1. The smallest absolute Gasteiger partial charge is 0.197 e. The van der Waals surface area contributed by atoms with Gasteiger partial charge in [-0.15, -0.1) is 0 Å². The minimum absolute atomic E-state index is 0.00227. The Labute approximate surface area is 110 Å². The third-order valence-corrected chi connectivity index (χ3v) is 3.64. The van der Waals surface area contributed by atoms with E-state index < -0.39 is 0 Å². The first-order valence-corrected chi connectivity index (χ1v) is 6.24. The van der Waals surface area contributed by atoms with Crippen LogP contribution in [0.25, 0.3) is 21.8 Å². The average molecular weight is 309 g/mol. The molecule has 17 heavy (non-hydrogen) atoms. The summed E-state index contributed by atoms with van der Waals surface area (Å²) in [5.41, 5.74) is 1.60. The van der Waals surface area contributed by atoms with Crippen LogP contribution >= 0.6 is 27.5 Å². The van der Waals surface area contributed by atoms with Crippen molar-refractivity contribution in [1.82, 2.24) is 4.98 Å². The number of nitrogens with one attached hydrogen (secondary N) is 1. The number of H-pyrrole nitrogens is 1. The van der Waals surface area contributed by atoms with E-state index in [2.05, 4.69) is 20.9 Å². The quantitative estimate of drug-likeness (QED) is 0.623. The second-order valence-electron chi connectivity index (χ2n) is 3.81. The molecule has 2 aromatic carbocycles. The lowest BCUT2D eigenvalue weighted by molar-refractivity contribution is 1.46. The maximum atomic E-state index is 12.3. The van der Waals surface area contributed by atoms with Gasteiger partial charge in [0.25, 0.3) is 0 Å². The van der Waals surface area contributed by atoms with Crippen LogP contribution in [0.2, 0.25) is 5.02 Å². The van der Waals surface area contributed by atoms with Crippen LogP contribution in [0.4, 0.5) is 0 Å². The third kappa shape index (κ3) is 1.66. The molecule has 0 unspecified atom stereocenters. The minimum Gasteiger partial charge on any atom is -0.353 e. The molecule has 0 aliphatic carbocycles. The molecule has 1 N–H and O–H groups in total. The van der Waals surface area contributed by atoms with Crippen molar-refractivity contribution in [3.8, 4) is 0 Å².